The minimum absolute atomic E-state index is 0.0783. The van der Waals surface area contributed by atoms with Crippen molar-refractivity contribution in [2.75, 3.05) is 27.3 Å². The second kappa shape index (κ2) is 6.91. The molecule has 0 atom stereocenters. The Morgan fingerprint density at radius 3 is 2.46 bits per heavy atom. The Balaban J connectivity index is 1.77. The Labute approximate surface area is 151 Å². The molecule has 0 saturated carbocycles. The van der Waals surface area contributed by atoms with E-state index in [1.165, 1.54) is 20.4 Å². The molecular formula is C17H23N5O4. The highest BCUT2D eigenvalue weighted by atomic mass is 16.5. The molecule has 2 aromatic rings. The Bertz CT molecular complexity index is 811. The molecule has 140 valence electrons. The van der Waals surface area contributed by atoms with Gasteiger partial charge in [0.05, 0.1) is 32.2 Å². The molecule has 3 heterocycles. The Morgan fingerprint density at radius 1 is 1.23 bits per heavy atom. The highest BCUT2D eigenvalue weighted by Crippen LogP contribution is 2.36. The quantitative estimate of drug-likeness (QED) is 0.853. The minimum Gasteiger partial charge on any atom is -0.480 e. The van der Waals surface area contributed by atoms with E-state index in [1.54, 1.807) is 22.8 Å². The number of hydrogen-bond acceptors (Lipinski definition) is 7. The third-order valence-corrected chi connectivity index (χ3v) is 4.91. The van der Waals surface area contributed by atoms with E-state index in [9.17, 15) is 9.90 Å². The lowest BCUT2D eigenvalue weighted by Crippen LogP contribution is -2.45. The summed E-state index contributed by atoms with van der Waals surface area (Å²) in [6.07, 6.45) is 3.72. The number of piperidine rings is 1. The normalized spacial score (nSPS) is 16.4. The van der Waals surface area contributed by atoms with Gasteiger partial charge in [-0.1, -0.05) is 0 Å². The van der Waals surface area contributed by atoms with Gasteiger partial charge < -0.3 is 19.5 Å². The van der Waals surface area contributed by atoms with E-state index in [0.29, 0.717) is 43.1 Å². The molecule has 0 aromatic carbocycles. The lowest BCUT2D eigenvalue weighted by Gasteiger charge is -2.37. The zero-order valence-electron chi connectivity index (χ0n) is 15.4. The van der Waals surface area contributed by atoms with Crippen LogP contribution in [0.2, 0.25) is 0 Å². The number of nitrogens with zero attached hydrogens (tertiary/aromatic N) is 5. The van der Waals surface area contributed by atoms with Gasteiger partial charge in [-0.25, -0.2) is 4.98 Å². The Morgan fingerprint density at radius 2 is 1.92 bits per heavy atom. The summed E-state index contributed by atoms with van der Waals surface area (Å²) in [5.74, 6) is 0.467. The van der Waals surface area contributed by atoms with E-state index in [4.69, 9.17) is 9.47 Å². The molecule has 1 aliphatic rings. The van der Waals surface area contributed by atoms with Gasteiger partial charge in [0.15, 0.2) is 0 Å². The topological polar surface area (TPSA) is 103 Å². The summed E-state index contributed by atoms with van der Waals surface area (Å²) in [6, 6.07) is 0. The number of hydrogen-bond donors (Lipinski definition) is 1. The minimum atomic E-state index is -1.20. The van der Waals surface area contributed by atoms with Crippen LogP contribution in [-0.4, -0.2) is 63.0 Å². The summed E-state index contributed by atoms with van der Waals surface area (Å²) in [4.78, 5) is 22.9. The summed E-state index contributed by atoms with van der Waals surface area (Å²) < 4.78 is 12.0. The molecule has 1 fully saturated rings. The fourth-order valence-corrected chi connectivity index (χ4v) is 3.11. The fraction of sp³-hybridized carbons (Fsp3) is 0.529. The van der Waals surface area contributed by atoms with Crippen molar-refractivity contribution < 1.29 is 19.4 Å². The molecule has 1 aliphatic heterocycles. The summed E-state index contributed by atoms with van der Waals surface area (Å²) >= 11 is 0. The molecule has 0 aliphatic carbocycles. The van der Waals surface area contributed by atoms with Crippen LogP contribution in [-0.2, 0) is 12.6 Å². The van der Waals surface area contributed by atoms with Gasteiger partial charge in [0.25, 0.3) is 5.91 Å². The van der Waals surface area contributed by atoms with E-state index in [-0.39, 0.29) is 11.8 Å². The first kappa shape index (κ1) is 18.1. The van der Waals surface area contributed by atoms with Crippen LogP contribution in [0.15, 0.2) is 12.4 Å². The molecule has 1 amide bonds. The molecule has 1 saturated heterocycles. The summed E-state index contributed by atoms with van der Waals surface area (Å²) in [7, 11) is 4.76. The molecule has 0 unspecified atom stereocenters. The first-order valence-corrected chi connectivity index (χ1v) is 8.35. The fourth-order valence-electron chi connectivity index (χ4n) is 3.11. The largest absolute Gasteiger partial charge is 0.480 e. The van der Waals surface area contributed by atoms with Crippen molar-refractivity contribution in [2.45, 2.75) is 25.4 Å². The van der Waals surface area contributed by atoms with Gasteiger partial charge in [-0.05, 0) is 19.8 Å². The number of carbonyl (C=O) groups excluding carboxylic acids is 1. The number of ether oxygens (including phenoxy) is 2. The zero-order chi connectivity index (χ0) is 18.9. The second-order valence-electron chi connectivity index (χ2n) is 6.36. The predicted octanol–water partition coefficient (Wildman–Crippen LogP) is 0.660. The van der Waals surface area contributed by atoms with Crippen LogP contribution in [0.3, 0.4) is 0 Å². The molecule has 9 nitrogen and oxygen atoms in total. The monoisotopic (exact) mass is 361 g/mol. The van der Waals surface area contributed by atoms with Crippen molar-refractivity contribution >= 4 is 5.91 Å². The van der Waals surface area contributed by atoms with Crippen molar-refractivity contribution in [1.29, 1.82) is 0 Å². The first-order valence-electron chi connectivity index (χ1n) is 8.35. The van der Waals surface area contributed by atoms with Crippen molar-refractivity contribution in [2.24, 2.45) is 7.05 Å². The number of rotatable bonds is 4. The second-order valence-corrected chi connectivity index (χ2v) is 6.36. The van der Waals surface area contributed by atoms with E-state index >= 15 is 0 Å². The Hall–Kier alpha value is -2.68. The van der Waals surface area contributed by atoms with Crippen LogP contribution >= 0.6 is 0 Å². The average Bonchev–Trinajstić information content (AvgIpc) is 3.00. The lowest BCUT2D eigenvalue weighted by molar-refractivity contribution is -0.0265. The van der Waals surface area contributed by atoms with Gasteiger partial charge in [-0.3, -0.25) is 9.48 Å². The van der Waals surface area contributed by atoms with Crippen molar-refractivity contribution in [3.05, 3.63) is 29.3 Å². The highest BCUT2D eigenvalue weighted by Gasteiger charge is 2.40. The highest BCUT2D eigenvalue weighted by molar-refractivity contribution is 5.95. The van der Waals surface area contributed by atoms with Gasteiger partial charge >= 0.3 is 0 Å². The predicted molar refractivity (Wildman–Crippen MR) is 92.1 cm³/mol. The van der Waals surface area contributed by atoms with Crippen molar-refractivity contribution in [3.63, 3.8) is 0 Å². The summed E-state index contributed by atoms with van der Waals surface area (Å²) in [5.41, 5.74) is 0.564. The molecule has 9 heteroatoms. The molecule has 3 rings (SSSR count). The lowest BCUT2D eigenvalue weighted by atomic mass is 9.87. The smallest absolute Gasteiger partial charge is 0.257 e. The van der Waals surface area contributed by atoms with Gasteiger partial charge in [-0.15, -0.1) is 0 Å². The maximum atomic E-state index is 12.7. The number of methoxy groups -OCH3 is 2. The zero-order valence-corrected chi connectivity index (χ0v) is 15.4. The van der Waals surface area contributed by atoms with Crippen LogP contribution in [0.4, 0.5) is 0 Å². The molecule has 0 spiro atoms. The molecule has 2 aromatic heterocycles. The maximum absolute atomic E-state index is 12.7. The number of likely N-dealkylation sites (tertiary alicyclic amines) is 1. The molecule has 26 heavy (non-hydrogen) atoms. The molecule has 1 N–H and O–H groups in total. The number of amides is 1. The summed E-state index contributed by atoms with van der Waals surface area (Å²) in [6.45, 7) is 2.67. The van der Waals surface area contributed by atoms with Crippen LogP contribution in [0.25, 0.3) is 0 Å². The van der Waals surface area contributed by atoms with E-state index in [0.717, 1.165) is 5.69 Å². The van der Waals surface area contributed by atoms with E-state index in [2.05, 4.69) is 15.1 Å². The standard InChI is InChI=1S/C17H23N5O4/c1-11-12(9-19-21(11)2)16(23)22-7-5-17(24,6-8-22)14-15(26-4)20-13(25-3)10-18-14/h9-10,24H,5-8H2,1-4H3. The van der Waals surface area contributed by atoms with Crippen LogP contribution in [0.1, 0.15) is 34.6 Å². The van der Waals surface area contributed by atoms with Crippen LogP contribution in [0.5, 0.6) is 11.8 Å². The molecular weight excluding hydrogens is 338 g/mol. The first-order chi connectivity index (χ1) is 12.4. The SMILES string of the molecule is COc1cnc(C2(O)CCN(C(=O)c3cnn(C)c3C)CC2)c(OC)n1. The third-order valence-electron chi connectivity index (χ3n) is 4.91. The van der Waals surface area contributed by atoms with Gasteiger partial charge in [0, 0.05) is 25.8 Å². The molecule has 0 radical (unpaired) electrons. The van der Waals surface area contributed by atoms with Crippen LogP contribution < -0.4 is 9.47 Å². The third kappa shape index (κ3) is 3.10. The molecule has 0 bridgehead atoms. The maximum Gasteiger partial charge on any atom is 0.257 e. The van der Waals surface area contributed by atoms with Gasteiger partial charge in [0.2, 0.25) is 11.8 Å². The number of aryl methyl sites for hydroxylation is 1. The van der Waals surface area contributed by atoms with Gasteiger partial charge in [-0.2, -0.15) is 10.1 Å². The van der Waals surface area contributed by atoms with Crippen molar-refractivity contribution in [1.82, 2.24) is 24.6 Å². The number of carbonyl (C=O) groups is 1. The van der Waals surface area contributed by atoms with Crippen LogP contribution in [0, 0.1) is 6.92 Å². The summed E-state index contributed by atoms with van der Waals surface area (Å²) in [5, 5.41) is 15.2. The van der Waals surface area contributed by atoms with Crippen molar-refractivity contribution in [3.8, 4) is 11.8 Å². The van der Waals surface area contributed by atoms with E-state index in [1.807, 2.05) is 6.92 Å². The Kier molecular flexibility index (Phi) is 4.82. The average molecular weight is 361 g/mol. The number of aromatic nitrogens is 4. The number of aliphatic hydroxyl groups is 1. The van der Waals surface area contributed by atoms with Gasteiger partial charge in [0.1, 0.15) is 11.3 Å². The van der Waals surface area contributed by atoms with E-state index < -0.39 is 5.60 Å².